The summed E-state index contributed by atoms with van der Waals surface area (Å²) in [5.74, 6) is 5.70. The number of aryl methyl sites for hydroxylation is 1. The van der Waals surface area contributed by atoms with Gasteiger partial charge in [-0.1, -0.05) is 20.8 Å². The van der Waals surface area contributed by atoms with E-state index in [1.807, 2.05) is 13.8 Å². The van der Waals surface area contributed by atoms with Gasteiger partial charge in [0.05, 0.1) is 17.2 Å². The van der Waals surface area contributed by atoms with Gasteiger partial charge in [-0.25, -0.2) is 4.98 Å². The molecule has 0 aliphatic carbocycles. The highest BCUT2D eigenvalue weighted by Gasteiger charge is 2.33. The van der Waals surface area contributed by atoms with Crippen LogP contribution >= 0.6 is 11.3 Å². The summed E-state index contributed by atoms with van der Waals surface area (Å²) in [5, 5.41) is 3.17. The second-order valence-corrected chi connectivity index (χ2v) is 6.54. The first-order valence-electron chi connectivity index (χ1n) is 6.37. The molecule has 1 aromatic rings. The van der Waals surface area contributed by atoms with Gasteiger partial charge in [-0.2, -0.15) is 0 Å². The lowest BCUT2D eigenvalue weighted by Crippen LogP contribution is -2.52. The van der Waals surface area contributed by atoms with Crippen molar-refractivity contribution in [1.29, 1.82) is 0 Å². The van der Waals surface area contributed by atoms with Gasteiger partial charge >= 0.3 is 0 Å². The predicted molar refractivity (Wildman–Crippen MR) is 76.5 cm³/mol. The Labute approximate surface area is 114 Å². The molecule has 2 atom stereocenters. The number of nitrogens with zero attached hydrogens (tertiary/aromatic N) is 1. The van der Waals surface area contributed by atoms with Crippen molar-refractivity contribution in [3.63, 3.8) is 0 Å². The van der Waals surface area contributed by atoms with E-state index >= 15 is 0 Å². The lowest BCUT2D eigenvalue weighted by Gasteiger charge is -2.36. The smallest absolute Gasteiger partial charge is 0.0945 e. The molecule has 2 unspecified atom stereocenters. The van der Waals surface area contributed by atoms with Gasteiger partial charge in [0.25, 0.3) is 0 Å². The standard InChI is InChI=1S/C13H25N3OS/c1-6-17-12(13(3,4)5)10(16-14)7-11-15-9(2)8-18-11/h8,10,12,16H,6-7,14H2,1-5H3. The minimum atomic E-state index is 0.0410. The highest BCUT2D eigenvalue weighted by atomic mass is 32.1. The molecule has 1 heterocycles. The lowest BCUT2D eigenvalue weighted by molar-refractivity contribution is -0.0356. The quantitative estimate of drug-likeness (QED) is 0.615. The fourth-order valence-corrected chi connectivity index (χ4v) is 2.92. The van der Waals surface area contributed by atoms with Crippen LogP contribution in [0.25, 0.3) is 0 Å². The Morgan fingerprint density at radius 2 is 2.17 bits per heavy atom. The SMILES string of the molecule is CCOC(C(Cc1nc(C)cs1)NN)C(C)(C)C. The number of nitrogens with one attached hydrogen (secondary N) is 1. The van der Waals surface area contributed by atoms with E-state index in [4.69, 9.17) is 10.6 Å². The Morgan fingerprint density at radius 3 is 2.56 bits per heavy atom. The number of hydrazine groups is 1. The maximum Gasteiger partial charge on any atom is 0.0945 e. The van der Waals surface area contributed by atoms with E-state index in [9.17, 15) is 0 Å². The third-order valence-corrected chi connectivity index (χ3v) is 3.83. The van der Waals surface area contributed by atoms with Crippen molar-refractivity contribution < 1.29 is 4.74 Å². The van der Waals surface area contributed by atoms with E-state index in [1.165, 1.54) is 0 Å². The van der Waals surface area contributed by atoms with Gasteiger partial charge in [0.15, 0.2) is 0 Å². The van der Waals surface area contributed by atoms with E-state index in [0.717, 1.165) is 17.1 Å². The number of nitrogens with two attached hydrogens (primary N) is 1. The van der Waals surface area contributed by atoms with E-state index in [-0.39, 0.29) is 17.6 Å². The van der Waals surface area contributed by atoms with Crippen molar-refractivity contribution >= 4 is 11.3 Å². The van der Waals surface area contributed by atoms with Crippen LogP contribution in [0.1, 0.15) is 38.4 Å². The van der Waals surface area contributed by atoms with Crippen molar-refractivity contribution in [2.75, 3.05) is 6.61 Å². The van der Waals surface area contributed by atoms with Crippen LogP contribution in [0, 0.1) is 12.3 Å². The molecule has 1 rings (SSSR count). The monoisotopic (exact) mass is 271 g/mol. The summed E-state index contributed by atoms with van der Waals surface area (Å²) >= 11 is 1.68. The average molecular weight is 271 g/mol. The Hall–Kier alpha value is -0.490. The van der Waals surface area contributed by atoms with Gasteiger partial charge in [0.1, 0.15) is 0 Å². The molecule has 0 aliphatic rings. The van der Waals surface area contributed by atoms with Crippen LogP contribution in [0.3, 0.4) is 0 Å². The molecule has 0 aromatic carbocycles. The van der Waals surface area contributed by atoms with E-state index < -0.39 is 0 Å². The summed E-state index contributed by atoms with van der Waals surface area (Å²) < 4.78 is 5.87. The van der Waals surface area contributed by atoms with Crippen molar-refractivity contribution in [2.24, 2.45) is 11.3 Å². The summed E-state index contributed by atoms with van der Waals surface area (Å²) in [7, 11) is 0. The van der Waals surface area contributed by atoms with E-state index in [1.54, 1.807) is 11.3 Å². The van der Waals surface area contributed by atoms with Crippen LogP contribution in [-0.2, 0) is 11.2 Å². The first kappa shape index (κ1) is 15.6. The van der Waals surface area contributed by atoms with Crippen LogP contribution in [0.4, 0.5) is 0 Å². The van der Waals surface area contributed by atoms with Gasteiger partial charge < -0.3 is 4.74 Å². The van der Waals surface area contributed by atoms with Gasteiger partial charge in [-0.3, -0.25) is 11.3 Å². The summed E-state index contributed by atoms with van der Waals surface area (Å²) in [4.78, 5) is 4.49. The van der Waals surface area contributed by atoms with Gasteiger partial charge in [-0.05, 0) is 19.3 Å². The zero-order chi connectivity index (χ0) is 13.8. The molecule has 0 saturated heterocycles. The summed E-state index contributed by atoms with van der Waals surface area (Å²) in [5.41, 5.74) is 4.00. The molecule has 0 radical (unpaired) electrons. The second-order valence-electron chi connectivity index (χ2n) is 5.60. The highest BCUT2D eigenvalue weighted by Crippen LogP contribution is 2.27. The molecular formula is C13H25N3OS. The predicted octanol–water partition coefficient (Wildman–Crippen LogP) is 2.28. The molecule has 0 spiro atoms. The molecule has 0 saturated carbocycles. The number of ether oxygens (including phenoxy) is 1. The Kier molecular flexibility index (Phi) is 5.72. The minimum Gasteiger partial charge on any atom is -0.376 e. The van der Waals surface area contributed by atoms with Gasteiger partial charge in [0, 0.05) is 24.1 Å². The molecule has 0 fully saturated rings. The van der Waals surface area contributed by atoms with Crippen molar-refractivity contribution in [1.82, 2.24) is 10.4 Å². The fraction of sp³-hybridized carbons (Fsp3) is 0.769. The third-order valence-electron chi connectivity index (χ3n) is 2.84. The number of hydrogen-bond donors (Lipinski definition) is 2. The molecule has 104 valence electrons. The summed E-state index contributed by atoms with van der Waals surface area (Å²) in [6, 6.07) is 0.0792. The lowest BCUT2D eigenvalue weighted by atomic mass is 9.83. The topological polar surface area (TPSA) is 60.2 Å². The first-order chi connectivity index (χ1) is 8.38. The van der Waals surface area contributed by atoms with E-state index in [0.29, 0.717) is 6.61 Å². The van der Waals surface area contributed by atoms with Crippen molar-refractivity contribution in [3.05, 3.63) is 16.1 Å². The van der Waals surface area contributed by atoms with Crippen LogP contribution in [0.2, 0.25) is 0 Å². The Bertz CT molecular complexity index is 359. The zero-order valence-corrected chi connectivity index (χ0v) is 12.8. The third kappa shape index (κ3) is 4.31. The highest BCUT2D eigenvalue weighted by molar-refractivity contribution is 7.09. The van der Waals surface area contributed by atoms with Crippen LogP contribution in [0.5, 0.6) is 0 Å². The first-order valence-corrected chi connectivity index (χ1v) is 7.25. The molecule has 3 N–H and O–H groups in total. The maximum atomic E-state index is 5.87. The molecule has 18 heavy (non-hydrogen) atoms. The van der Waals surface area contributed by atoms with Crippen LogP contribution < -0.4 is 11.3 Å². The second kappa shape index (κ2) is 6.61. The fourth-order valence-electron chi connectivity index (χ4n) is 2.09. The Morgan fingerprint density at radius 1 is 1.50 bits per heavy atom. The number of aromatic nitrogens is 1. The summed E-state index contributed by atoms with van der Waals surface area (Å²) in [6.45, 7) is 11.2. The minimum absolute atomic E-state index is 0.0410. The molecular weight excluding hydrogens is 246 g/mol. The number of rotatable bonds is 6. The zero-order valence-electron chi connectivity index (χ0n) is 12.0. The van der Waals surface area contributed by atoms with E-state index in [2.05, 4.69) is 36.6 Å². The van der Waals surface area contributed by atoms with Crippen molar-refractivity contribution in [2.45, 2.75) is 53.2 Å². The maximum absolute atomic E-state index is 5.87. The molecule has 5 heteroatoms. The van der Waals surface area contributed by atoms with Crippen molar-refractivity contribution in [3.8, 4) is 0 Å². The van der Waals surface area contributed by atoms with Crippen LogP contribution in [-0.4, -0.2) is 23.7 Å². The molecule has 0 aliphatic heterocycles. The molecule has 0 bridgehead atoms. The molecule has 1 aromatic heterocycles. The Balaban J connectivity index is 2.79. The number of thiazole rings is 1. The van der Waals surface area contributed by atoms with Gasteiger partial charge in [-0.15, -0.1) is 11.3 Å². The summed E-state index contributed by atoms with van der Waals surface area (Å²) in [6.07, 6.45) is 0.869. The molecule has 4 nitrogen and oxygen atoms in total. The largest absolute Gasteiger partial charge is 0.376 e. The van der Waals surface area contributed by atoms with Gasteiger partial charge in [0.2, 0.25) is 0 Å². The number of hydrogen-bond acceptors (Lipinski definition) is 5. The molecule has 0 amide bonds. The van der Waals surface area contributed by atoms with Crippen LogP contribution in [0.15, 0.2) is 5.38 Å². The average Bonchev–Trinajstić information content (AvgIpc) is 2.67. The normalized spacial score (nSPS) is 15.7.